The minimum Gasteiger partial charge on any atom is -0.478 e. The zero-order chi connectivity index (χ0) is 19.3. The van der Waals surface area contributed by atoms with Gasteiger partial charge in [0.05, 0.1) is 33.2 Å². The second-order valence-corrected chi connectivity index (χ2v) is 8.08. The number of carboxylic acid groups (broad SMARTS) is 1. The van der Waals surface area contributed by atoms with E-state index >= 15 is 0 Å². The second-order valence-electron chi connectivity index (χ2n) is 6.69. The minimum atomic E-state index is -0.998. The fourth-order valence-electron chi connectivity index (χ4n) is 3.78. The van der Waals surface area contributed by atoms with Crippen LogP contribution in [0.4, 0.5) is 5.13 Å². The van der Waals surface area contributed by atoms with Gasteiger partial charge < -0.3 is 14.6 Å². The van der Waals surface area contributed by atoms with Gasteiger partial charge in [-0.3, -0.25) is 0 Å². The molecule has 4 aromatic rings. The summed E-state index contributed by atoms with van der Waals surface area (Å²) in [5.74, 6) is -0.998. The van der Waals surface area contributed by atoms with Gasteiger partial charge in [0.25, 0.3) is 0 Å². The molecule has 7 heteroatoms. The van der Waals surface area contributed by atoms with Crippen LogP contribution in [-0.2, 0) is 13.1 Å². The Bertz CT molecular complexity index is 1170. The third-order valence-electron chi connectivity index (χ3n) is 5.06. The van der Waals surface area contributed by atoms with E-state index in [1.165, 1.54) is 0 Å². The molecule has 1 aliphatic heterocycles. The van der Waals surface area contributed by atoms with Crippen LogP contribution in [0, 0.1) is 0 Å². The molecule has 140 valence electrons. The van der Waals surface area contributed by atoms with Crippen molar-refractivity contribution in [3.8, 4) is 11.3 Å². The number of benzene rings is 2. The Hall–Kier alpha value is -2.83. The lowest BCUT2D eigenvalue weighted by atomic mass is 10.1. The number of rotatable bonds is 3. The maximum Gasteiger partial charge on any atom is 0.339 e. The SMILES string of the molecule is O=C(O)c1c(Cl)c(-c2ccccc2)n2c1CN(c1nc3ccccc3s1)CC2. The average Bonchev–Trinajstić information content (AvgIpc) is 3.26. The molecular formula is C21H16ClN3O2S. The van der Waals surface area contributed by atoms with Crippen molar-refractivity contribution in [2.24, 2.45) is 0 Å². The molecule has 0 spiro atoms. The highest BCUT2D eigenvalue weighted by Gasteiger charge is 2.31. The summed E-state index contributed by atoms with van der Waals surface area (Å²) in [7, 11) is 0. The van der Waals surface area contributed by atoms with Gasteiger partial charge in [-0.25, -0.2) is 9.78 Å². The molecule has 2 aromatic heterocycles. The molecule has 2 aromatic carbocycles. The van der Waals surface area contributed by atoms with Crippen LogP contribution in [0.5, 0.6) is 0 Å². The third-order valence-corrected chi connectivity index (χ3v) is 6.53. The summed E-state index contributed by atoms with van der Waals surface area (Å²) in [4.78, 5) is 18.9. The number of nitrogens with zero attached hydrogens (tertiary/aromatic N) is 3. The van der Waals surface area contributed by atoms with E-state index in [1.807, 2.05) is 53.1 Å². The number of halogens is 1. The molecule has 1 aliphatic rings. The van der Waals surface area contributed by atoms with Gasteiger partial charge in [-0.2, -0.15) is 0 Å². The van der Waals surface area contributed by atoms with Crippen molar-refractivity contribution < 1.29 is 9.90 Å². The van der Waals surface area contributed by atoms with Crippen molar-refractivity contribution in [3.05, 3.63) is 70.9 Å². The molecule has 0 atom stereocenters. The van der Waals surface area contributed by atoms with Gasteiger partial charge in [0.1, 0.15) is 5.56 Å². The lowest BCUT2D eigenvalue weighted by Gasteiger charge is -2.29. The van der Waals surface area contributed by atoms with Crippen molar-refractivity contribution in [2.75, 3.05) is 11.4 Å². The first-order valence-corrected chi connectivity index (χ1v) is 10.1. The molecule has 1 N–H and O–H groups in total. The van der Waals surface area contributed by atoms with Gasteiger partial charge in [0, 0.05) is 13.1 Å². The Labute approximate surface area is 170 Å². The Kier molecular flexibility index (Phi) is 4.10. The molecule has 3 heterocycles. The maximum absolute atomic E-state index is 12.0. The highest BCUT2D eigenvalue weighted by atomic mass is 35.5. The third kappa shape index (κ3) is 2.68. The number of hydrogen-bond acceptors (Lipinski definition) is 4. The van der Waals surface area contributed by atoms with E-state index in [0.29, 0.717) is 18.1 Å². The fraction of sp³-hybridized carbons (Fsp3) is 0.143. The van der Waals surface area contributed by atoms with E-state index in [2.05, 4.69) is 11.0 Å². The van der Waals surface area contributed by atoms with Gasteiger partial charge in [-0.05, 0) is 17.7 Å². The summed E-state index contributed by atoms with van der Waals surface area (Å²) in [6.45, 7) is 1.87. The zero-order valence-electron chi connectivity index (χ0n) is 14.8. The van der Waals surface area contributed by atoms with Crippen molar-refractivity contribution in [1.82, 2.24) is 9.55 Å². The summed E-state index contributed by atoms with van der Waals surface area (Å²) < 4.78 is 3.17. The largest absolute Gasteiger partial charge is 0.478 e. The van der Waals surface area contributed by atoms with Gasteiger partial charge in [0.2, 0.25) is 0 Å². The first-order valence-electron chi connectivity index (χ1n) is 8.93. The topological polar surface area (TPSA) is 58.4 Å². The van der Waals surface area contributed by atoms with Gasteiger partial charge in [0.15, 0.2) is 5.13 Å². The Morgan fingerprint density at radius 1 is 1.07 bits per heavy atom. The van der Waals surface area contributed by atoms with Crippen molar-refractivity contribution in [3.63, 3.8) is 0 Å². The van der Waals surface area contributed by atoms with E-state index in [-0.39, 0.29) is 5.56 Å². The molecule has 0 amide bonds. The van der Waals surface area contributed by atoms with Crippen molar-refractivity contribution >= 4 is 44.3 Å². The Morgan fingerprint density at radius 3 is 2.57 bits per heavy atom. The molecule has 0 fully saturated rings. The van der Waals surface area contributed by atoms with Crippen molar-refractivity contribution in [1.29, 1.82) is 0 Å². The van der Waals surface area contributed by atoms with E-state index in [9.17, 15) is 9.90 Å². The lowest BCUT2D eigenvalue weighted by molar-refractivity contribution is 0.0695. The smallest absolute Gasteiger partial charge is 0.339 e. The first-order chi connectivity index (χ1) is 13.6. The molecule has 0 unspecified atom stereocenters. The molecular weight excluding hydrogens is 394 g/mol. The number of aromatic carboxylic acids is 1. The molecule has 5 rings (SSSR count). The fourth-order valence-corrected chi connectivity index (χ4v) is 5.17. The number of carboxylic acids is 1. The van der Waals surface area contributed by atoms with Crippen molar-refractivity contribution in [2.45, 2.75) is 13.1 Å². The summed E-state index contributed by atoms with van der Waals surface area (Å²) in [5, 5.41) is 11.0. The van der Waals surface area contributed by atoms with Crippen LogP contribution in [0.3, 0.4) is 0 Å². The summed E-state index contributed by atoms with van der Waals surface area (Å²) in [5.41, 5.74) is 3.58. The number of carbonyl (C=O) groups is 1. The first kappa shape index (κ1) is 17.3. The van der Waals surface area contributed by atoms with E-state index in [1.54, 1.807) is 11.3 Å². The van der Waals surface area contributed by atoms with Crippen LogP contribution in [0.2, 0.25) is 5.02 Å². The van der Waals surface area contributed by atoms with Gasteiger partial charge in [-0.15, -0.1) is 0 Å². The van der Waals surface area contributed by atoms with Crippen LogP contribution >= 0.6 is 22.9 Å². The number of hydrogen-bond donors (Lipinski definition) is 1. The molecule has 5 nitrogen and oxygen atoms in total. The summed E-state index contributed by atoms with van der Waals surface area (Å²) in [6, 6.07) is 17.7. The summed E-state index contributed by atoms with van der Waals surface area (Å²) >= 11 is 8.20. The standard InChI is InChI=1S/C21H16ClN3O2S/c22-18-17(20(26)27)15-12-24(21-23-14-8-4-5-9-16(14)28-21)10-11-25(15)19(18)13-6-2-1-3-7-13/h1-9H,10-12H2,(H,26,27). The van der Waals surface area contributed by atoms with E-state index in [4.69, 9.17) is 16.6 Å². The van der Waals surface area contributed by atoms with Crippen LogP contribution in [0.15, 0.2) is 54.6 Å². The number of aromatic nitrogens is 2. The number of thiazole rings is 1. The molecule has 0 saturated carbocycles. The quantitative estimate of drug-likeness (QED) is 0.509. The van der Waals surface area contributed by atoms with Crippen LogP contribution in [0.25, 0.3) is 21.5 Å². The number of fused-ring (bicyclic) bond motifs is 2. The molecule has 28 heavy (non-hydrogen) atoms. The molecule has 0 radical (unpaired) electrons. The van der Waals surface area contributed by atoms with Gasteiger partial charge in [-0.1, -0.05) is 65.4 Å². The Balaban J connectivity index is 1.61. The van der Waals surface area contributed by atoms with Gasteiger partial charge >= 0.3 is 5.97 Å². The molecule has 0 bridgehead atoms. The monoisotopic (exact) mass is 409 g/mol. The normalized spacial score (nSPS) is 13.7. The highest BCUT2D eigenvalue weighted by molar-refractivity contribution is 7.22. The minimum absolute atomic E-state index is 0.186. The number of para-hydroxylation sites is 1. The maximum atomic E-state index is 12.0. The molecule has 0 saturated heterocycles. The van der Waals surface area contributed by atoms with Crippen LogP contribution in [-0.4, -0.2) is 27.2 Å². The highest BCUT2D eigenvalue weighted by Crippen LogP contribution is 2.39. The van der Waals surface area contributed by atoms with E-state index in [0.717, 1.165) is 38.8 Å². The zero-order valence-corrected chi connectivity index (χ0v) is 16.4. The van der Waals surface area contributed by atoms with Crippen LogP contribution < -0.4 is 4.90 Å². The molecule has 0 aliphatic carbocycles. The average molecular weight is 410 g/mol. The predicted molar refractivity (Wildman–Crippen MR) is 113 cm³/mol. The second kappa shape index (κ2) is 6.65. The predicted octanol–water partition coefficient (Wildman–Crippen LogP) is 5.14. The summed E-state index contributed by atoms with van der Waals surface area (Å²) in [6.07, 6.45) is 0. The van der Waals surface area contributed by atoms with Crippen LogP contribution in [0.1, 0.15) is 16.1 Å². The van der Waals surface area contributed by atoms with E-state index < -0.39 is 5.97 Å². The lowest BCUT2D eigenvalue weighted by Crippen LogP contribution is -2.34. The Morgan fingerprint density at radius 2 is 1.82 bits per heavy atom. The number of anilines is 1.